The maximum Gasteiger partial charge on any atom is 0.287 e. The zero-order valence-electron chi connectivity index (χ0n) is 12.7. The molecule has 1 N–H and O–H groups in total. The second kappa shape index (κ2) is 7.19. The number of hydrogen-bond acceptors (Lipinski definition) is 4. The standard InChI is InChI=1S/C17H17N3O2S/c1-20-14(7-9-19-20)11-18-17(21)16-13(8-10-22-16)12-23-15-5-3-2-4-6-15/h2-10H,11-12H2,1H3,(H,18,21). The minimum absolute atomic E-state index is 0.208. The molecule has 6 heteroatoms. The first-order valence-corrected chi connectivity index (χ1v) is 8.22. The van der Waals surface area contributed by atoms with E-state index < -0.39 is 0 Å². The smallest absolute Gasteiger partial charge is 0.287 e. The Morgan fingerprint density at radius 2 is 2.09 bits per heavy atom. The minimum atomic E-state index is -0.208. The van der Waals surface area contributed by atoms with Crippen LogP contribution in [0, 0.1) is 0 Å². The highest BCUT2D eigenvalue weighted by Gasteiger charge is 2.15. The Hall–Kier alpha value is -2.47. The number of benzene rings is 1. The van der Waals surface area contributed by atoms with Gasteiger partial charge in [-0.3, -0.25) is 9.48 Å². The Morgan fingerprint density at radius 1 is 1.26 bits per heavy atom. The number of nitrogens with one attached hydrogen (secondary N) is 1. The Labute approximate surface area is 138 Å². The number of furan rings is 1. The number of amides is 1. The van der Waals surface area contributed by atoms with Gasteiger partial charge in [0.15, 0.2) is 5.76 Å². The lowest BCUT2D eigenvalue weighted by Crippen LogP contribution is -2.24. The summed E-state index contributed by atoms with van der Waals surface area (Å²) in [5.74, 6) is 0.852. The van der Waals surface area contributed by atoms with Crippen molar-refractivity contribution in [1.29, 1.82) is 0 Å². The number of aromatic nitrogens is 2. The van der Waals surface area contributed by atoms with E-state index in [4.69, 9.17) is 4.42 Å². The van der Waals surface area contributed by atoms with E-state index in [-0.39, 0.29) is 5.91 Å². The average Bonchev–Trinajstić information content (AvgIpc) is 3.20. The van der Waals surface area contributed by atoms with Crippen LogP contribution in [0.5, 0.6) is 0 Å². The van der Waals surface area contributed by atoms with Crippen LogP contribution in [0.3, 0.4) is 0 Å². The molecule has 0 unspecified atom stereocenters. The largest absolute Gasteiger partial charge is 0.459 e. The third kappa shape index (κ3) is 3.84. The monoisotopic (exact) mass is 327 g/mol. The van der Waals surface area contributed by atoms with Gasteiger partial charge in [0.05, 0.1) is 18.5 Å². The molecular weight excluding hydrogens is 310 g/mol. The molecule has 0 saturated carbocycles. The summed E-state index contributed by atoms with van der Waals surface area (Å²) in [5, 5.41) is 6.94. The fourth-order valence-corrected chi connectivity index (χ4v) is 3.05. The van der Waals surface area contributed by atoms with Crippen LogP contribution in [0.4, 0.5) is 0 Å². The topological polar surface area (TPSA) is 60.1 Å². The average molecular weight is 327 g/mol. The molecular formula is C17H17N3O2S. The summed E-state index contributed by atoms with van der Waals surface area (Å²) in [6.07, 6.45) is 3.26. The van der Waals surface area contributed by atoms with Crippen LogP contribution in [-0.2, 0) is 19.3 Å². The van der Waals surface area contributed by atoms with Crippen molar-refractivity contribution in [2.75, 3.05) is 0 Å². The molecule has 0 atom stereocenters. The van der Waals surface area contributed by atoms with Crippen LogP contribution < -0.4 is 5.32 Å². The Kier molecular flexibility index (Phi) is 4.83. The van der Waals surface area contributed by atoms with Gasteiger partial charge >= 0.3 is 0 Å². The fourth-order valence-electron chi connectivity index (χ4n) is 2.15. The van der Waals surface area contributed by atoms with Gasteiger partial charge in [-0.15, -0.1) is 11.8 Å². The van der Waals surface area contributed by atoms with Gasteiger partial charge in [0.1, 0.15) is 0 Å². The van der Waals surface area contributed by atoms with Crippen LogP contribution in [0.2, 0.25) is 0 Å². The van der Waals surface area contributed by atoms with E-state index in [2.05, 4.69) is 10.4 Å². The van der Waals surface area contributed by atoms with Crippen LogP contribution >= 0.6 is 11.8 Å². The molecule has 0 spiro atoms. The second-order valence-electron chi connectivity index (χ2n) is 5.01. The first-order valence-electron chi connectivity index (χ1n) is 7.23. The SMILES string of the molecule is Cn1nccc1CNC(=O)c1occc1CSc1ccccc1. The summed E-state index contributed by atoms with van der Waals surface area (Å²) < 4.78 is 7.10. The number of thioether (sulfide) groups is 1. The number of hydrogen-bond donors (Lipinski definition) is 1. The normalized spacial score (nSPS) is 10.7. The number of rotatable bonds is 6. The first-order chi connectivity index (χ1) is 11.2. The van der Waals surface area contributed by atoms with Crippen molar-refractivity contribution in [2.24, 2.45) is 7.05 Å². The molecule has 1 aromatic carbocycles. The molecule has 0 aliphatic rings. The number of carbonyl (C=O) groups is 1. The molecule has 5 nitrogen and oxygen atoms in total. The van der Waals surface area contributed by atoms with E-state index in [0.29, 0.717) is 18.1 Å². The highest BCUT2D eigenvalue weighted by molar-refractivity contribution is 7.98. The Morgan fingerprint density at radius 3 is 2.83 bits per heavy atom. The van der Waals surface area contributed by atoms with Crippen molar-refractivity contribution in [3.63, 3.8) is 0 Å². The second-order valence-corrected chi connectivity index (χ2v) is 6.05. The summed E-state index contributed by atoms with van der Waals surface area (Å²) in [6.45, 7) is 0.418. The third-order valence-corrected chi connectivity index (χ3v) is 4.50. The maximum atomic E-state index is 12.3. The molecule has 0 aliphatic heterocycles. The number of nitrogens with zero attached hydrogens (tertiary/aromatic N) is 2. The molecule has 3 aromatic rings. The zero-order valence-corrected chi connectivity index (χ0v) is 13.5. The summed E-state index contributed by atoms with van der Waals surface area (Å²) >= 11 is 1.67. The lowest BCUT2D eigenvalue weighted by Gasteiger charge is -2.06. The van der Waals surface area contributed by atoms with Gasteiger partial charge in [-0.05, 0) is 24.3 Å². The highest BCUT2D eigenvalue weighted by atomic mass is 32.2. The summed E-state index contributed by atoms with van der Waals surface area (Å²) in [4.78, 5) is 13.5. The molecule has 0 fully saturated rings. The Bertz CT molecular complexity index is 780. The number of carbonyl (C=O) groups excluding carboxylic acids is 1. The number of aryl methyl sites for hydroxylation is 1. The van der Waals surface area contributed by atoms with Gasteiger partial charge < -0.3 is 9.73 Å². The molecule has 2 aromatic heterocycles. The van der Waals surface area contributed by atoms with Crippen LogP contribution in [0.15, 0.2) is 64.2 Å². The van der Waals surface area contributed by atoms with Gasteiger partial charge in [-0.1, -0.05) is 18.2 Å². The summed E-state index contributed by atoms with van der Waals surface area (Å²) in [6, 6.07) is 13.8. The Balaban J connectivity index is 1.61. The zero-order chi connectivity index (χ0) is 16.1. The minimum Gasteiger partial charge on any atom is -0.459 e. The maximum absolute atomic E-state index is 12.3. The predicted molar refractivity (Wildman–Crippen MR) is 89.1 cm³/mol. The summed E-state index contributed by atoms with van der Waals surface area (Å²) in [5.41, 5.74) is 1.83. The van der Waals surface area contributed by atoms with Crippen LogP contribution in [0.25, 0.3) is 0 Å². The van der Waals surface area contributed by atoms with E-state index in [1.54, 1.807) is 28.9 Å². The van der Waals surface area contributed by atoms with Crippen molar-refractivity contribution in [3.8, 4) is 0 Å². The van der Waals surface area contributed by atoms with E-state index >= 15 is 0 Å². The van der Waals surface area contributed by atoms with Crippen molar-refractivity contribution < 1.29 is 9.21 Å². The molecule has 118 valence electrons. The van der Waals surface area contributed by atoms with Gasteiger partial charge in [0.25, 0.3) is 5.91 Å². The van der Waals surface area contributed by atoms with Crippen LogP contribution in [0.1, 0.15) is 21.8 Å². The van der Waals surface area contributed by atoms with Crippen molar-refractivity contribution >= 4 is 17.7 Å². The van der Waals surface area contributed by atoms with Crippen LogP contribution in [-0.4, -0.2) is 15.7 Å². The van der Waals surface area contributed by atoms with Gasteiger partial charge in [0, 0.05) is 29.5 Å². The van der Waals surface area contributed by atoms with E-state index in [0.717, 1.165) is 16.2 Å². The molecule has 0 bridgehead atoms. The van der Waals surface area contributed by atoms with E-state index in [1.165, 1.54) is 0 Å². The highest BCUT2D eigenvalue weighted by Crippen LogP contribution is 2.24. The van der Waals surface area contributed by atoms with Gasteiger partial charge in [0.2, 0.25) is 0 Å². The van der Waals surface area contributed by atoms with Crippen molar-refractivity contribution in [1.82, 2.24) is 15.1 Å². The molecule has 1 amide bonds. The third-order valence-electron chi connectivity index (χ3n) is 3.44. The molecule has 3 rings (SSSR count). The molecule has 0 saturated heterocycles. The fraction of sp³-hybridized carbons (Fsp3) is 0.176. The quantitative estimate of drug-likeness (QED) is 0.706. The molecule has 0 aliphatic carbocycles. The molecule has 0 radical (unpaired) electrons. The molecule has 23 heavy (non-hydrogen) atoms. The van der Waals surface area contributed by atoms with Gasteiger partial charge in [-0.25, -0.2) is 0 Å². The van der Waals surface area contributed by atoms with Crippen molar-refractivity contribution in [3.05, 3.63) is 71.9 Å². The van der Waals surface area contributed by atoms with E-state index in [9.17, 15) is 4.79 Å². The summed E-state index contributed by atoms with van der Waals surface area (Å²) in [7, 11) is 1.84. The predicted octanol–water partition coefficient (Wildman–Crippen LogP) is 3.24. The van der Waals surface area contributed by atoms with E-state index in [1.807, 2.05) is 49.5 Å². The first kappa shape index (κ1) is 15.4. The lowest BCUT2D eigenvalue weighted by atomic mass is 10.2. The lowest BCUT2D eigenvalue weighted by molar-refractivity contribution is 0.0921. The van der Waals surface area contributed by atoms with Crippen molar-refractivity contribution in [2.45, 2.75) is 17.2 Å². The molecule has 2 heterocycles. The van der Waals surface area contributed by atoms with Gasteiger partial charge in [-0.2, -0.15) is 5.10 Å².